The van der Waals surface area contributed by atoms with Gasteiger partial charge in [-0.25, -0.2) is 14.7 Å². The molecule has 2 N–H and O–H groups in total. The highest BCUT2D eigenvalue weighted by atomic mass is 32.2. The number of methoxy groups -OCH3 is 1. The van der Waals surface area contributed by atoms with Gasteiger partial charge in [-0.3, -0.25) is 0 Å². The lowest BCUT2D eigenvalue weighted by atomic mass is 9.90. The minimum Gasteiger partial charge on any atom is -0.494 e. The number of anilines is 1. The van der Waals surface area contributed by atoms with Crippen LogP contribution < -0.4 is 10.2 Å². The first-order valence-electron chi connectivity index (χ1n) is 9.77. The molecule has 0 atom stereocenters. The zero-order valence-electron chi connectivity index (χ0n) is 16.9. The fourth-order valence-corrected chi connectivity index (χ4v) is 4.10. The molecular formula is C22H22FNO6S. The van der Waals surface area contributed by atoms with Crippen molar-refractivity contribution < 1.29 is 32.8 Å². The zero-order valence-corrected chi connectivity index (χ0v) is 17.7. The van der Waals surface area contributed by atoms with E-state index in [1.165, 1.54) is 31.4 Å². The summed E-state index contributed by atoms with van der Waals surface area (Å²) in [6.07, 6.45) is 4.24. The zero-order chi connectivity index (χ0) is 21.8. The van der Waals surface area contributed by atoms with Crippen LogP contribution in [0.15, 0.2) is 47.4 Å². The first kappa shape index (κ1) is 21.6. The second-order valence-corrected chi connectivity index (χ2v) is 7.95. The average Bonchev–Trinajstić information content (AvgIpc) is 3.23. The molecule has 4 rings (SSSR count). The van der Waals surface area contributed by atoms with Gasteiger partial charge in [-0.05, 0) is 47.9 Å². The molecule has 7 nitrogen and oxygen atoms in total. The number of benzene rings is 2. The number of carbonyl (C=O) groups is 1. The second-order valence-electron chi connectivity index (χ2n) is 7.18. The summed E-state index contributed by atoms with van der Waals surface area (Å²) in [6.45, 7) is 1.24. The highest BCUT2D eigenvalue weighted by Crippen LogP contribution is 2.39. The highest BCUT2D eigenvalue weighted by molar-refractivity contribution is 7.94. The van der Waals surface area contributed by atoms with Crippen LogP contribution in [0.2, 0.25) is 0 Å². The van der Waals surface area contributed by atoms with Gasteiger partial charge in [0, 0.05) is 12.8 Å². The molecule has 0 amide bonds. The Morgan fingerprint density at radius 3 is 2.68 bits per heavy atom. The number of halogens is 1. The molecule has 164 valence electrons. The summed E-state index contributed by atoms with van der Waals surface area (Å²) in [6, 6.07) is 9.32. The number of nitrogens with one attached hydrogen (secondary N) is 1. The second kappa shape index (κ2) is 9.27. The molecule has 1 fully saturated rings. The van der Waals surface area contributed by atoms with Crippen LogP contribution in [0.5, 0.6) is 5.75 Å². The van der Waals surface area contributed by atoms with E-state index in [4.69, 9.17) is 23.6 Å². The van der Waals surface area contributed by atoms with E-state index < -0.39 is 17.6 Å². The maximum atomic E-state index is 14.6. The summed E-state index contributed by atoms with van der Waals surface area (Å²) in [5.41, 5.74) is 5.06. The molecule has 1 spiro atoms. The predicted molar refractivity (Wildman–Crippen MR) is 113 cm³/mol. The molecule has 31 heavy (non-hydrogen) atoms. The summed E-state index contributed by atoms with van der Waals surface area (Å²) in [5, 5.41) is 9.05. The Labute approximate surface area is 183 Å². The number of carboxylic acids is 1. The van der Waals surface area contributed by atoms with Crippen molar-refractivity contribution >= 4 is 29.3 Å². The third kappa shape index (κ3) is 4.85. The lowest BCUT2D eigenvalue weighted by molar-refractivity contribution is -0.159. The minimum atomic E-state index is -1.06. The standard InChI is InChI=1S/C22H22FNO6S/c1-27-19-13-16(21(25)26)2-4-18(19)24-30-31-20-5-3-15(12-17(20)23)14-6-8-22(9-7-14)28-10-11-29-22/h2-6,12-13,24H,7-11H2,1H3,(H,25,26). The minimum absolute atomic E-state index is 0.0886. The average molecular weight is 447 g/mol. The Morgan fingerprint density at radius 2 is 2.03 bits per heavy atom. The van der Waals surface area contributed by atoms with Gasteiger partial charge in [-0.2, -0.15) is 4.28 Å². The Morgan fingerprint density at radius 1 is 1.23 bits per heavy atom. The molecule has 0 unspecified atom stereocenters. The van der Waals surface area contributed by atoms with Crippen LogP contribution in [-0.4, -0.2) is 37.2 Å². The van der Waals surface area contributed by atoms with E-state index in [0.29, 0.717) is 36.0 Å². The van der Waals surface area contributed by atoms with Gasteiger partial charge in [0.15, 0.2) is 5.79 Å². The molecule has 9 heteroatoms. The molecule has 0 bridgehead atoms. The van der Waals surface area contributed by atoms with Gasteiger partial charge in [0.25, 0.3) is 0 Å². The van der Waals surface area contributed by atoms with E-state index >= 15 is 0 Å². The van der Waals surface area contributed by atoms with Gasteiger partial charge in [0.05, 0.1) is 42.8 Å². The fourth-order valence-electron chi connectivity index (χ4n) is 3.62. The van der Waals surface area contributed by atoms with Crippen molar-refractivity contribution in [3.8, 4) is 5.75 Å². The lowest BCUT2D eigenvalue weighted by Gasteiger charge is -2.30. The summed E-state index contributed by atoms with van der Waals surface area (Å²) in [5.74, 6) is -1.66. The topological polar surface area (TPSA) is 86.3 Å². The maximum absolute atomic E-state index is 14.6. The van der Waals surface area contributed by atoms with Gasteiger partial charge in [-0.15, -0.1) is 0 Å². The summed E-state index contributed by atoms with van der Waals surface area (Å²) < 4.78 is 36.6. The van der Waals surface area contributed by atoms with Crippen molar-refractivity contribution in [3.63, 3.8) is 0 Å². The largest absolute Gasteiger partial charge is 0.494 e. The van der Waals surface area contributed by atoms with Crippen LogP contribution in [0.25, 0.3) is 5.57 Å². The number of ether oxygens (including phenoxy) is 3. The van der Waals surface area contributed by atoms with E-state index in [9.17, 15) is 9.18 Å². The van der Waals surface area contributed by atoms with Crippen molar-refractivity contribution in [1.29, 1.82) is 0 Å². The Balaban J connectivity index is 1.37. The van der Waals surface area contributed by atoms with Gasteiger partial charge in [0.2, 0.25) is 0 Å². The first-order chi connectivity index (χ1) is 15.0. The normalized spacial score (nSPS) is 17.4. The van der Waals surface area contributed by atoms with E-state index in [-0.39, 0.29) is 5.56 Å². The molecular weight excluding hydrogens is 425 g/mol. The molecule has 0 aromatic heterocycles. The Kier molecular flexibility index (Phi) is 6.47. The molecule has 1 aliphatic heterocycles. The van der Waals surface area contributed by atoms with Crippen LogP contribution in [-0.2, 0) is 13.8 Å². The molecule has 2 aromatic rings. The number of rotatable bonds is 7. The maximum Gasteiger partial charge on any atom is 0.335 e. The van der Waals surface area contributed by atoms with Crippen LogP contribution in [0.3, 0.4) is 0 Å². The molecule has 1 aliphatic carbocycles. The van der Waals surface area contributed by atoms with Crippen molar-refractivity contribution in [1.82, 2.24) is 0 Å². The molecule has 2 aromatic carbocycles. The Hall–Kier alpha value is -2.59. The number of carboxylic acid groups (broad SMARTS) is 1. The summed E-state index contributed by atoms with van der Waals surface area (Å²) >= 11 is 0.825. The molecule has 1 saturated heterocycles. The molecule has 1 heterocycles. The van der Waals surface area contributed by atoms with Gasteiger partial charge in [-0.1, -0.05) is 12.1 Å². The Bertz CT molecular complexity index is 1010. The molecule has 2 aliphatic rings. The van der Waals surface area contributed by atoms with Crippen LogP contribution in [0, 0.1) is 5.82 Å². The number of allylic oxidation sites excluding steroid dienone is 1. The van der Waals surface area contributed by atoms with Crippen LogP contribution in [0.4, 0.5) is 10.1 Å². The van der Waals surface area contributed by atoms with Crippen LogP contribution in [0.1, 0.15) is 35.2 Å². The van der Waals surface area contributed by atoms with Gasteiger partial charge < -0.3 is 19.3 Å². The van der Waals surface area contributed by atoms with Crippen molar-refractivity contribution in [3.05, 3.63) is 59.4 Å². The molecule has 0 radical (unpaired) electrons. The SMILES string of the molecule is COc1cc(C(=O)O)ccc1NOSc1ccc(C2=CCC3(CC2)OCCO3)cc1F. The third-order valence-corrected chi connectivity index (χ3v) is 5.96. The first-order valence-corrected chi connectivity index (χ1v) is 10.5. The molecule has 0 saturated carbocycles. The number of hydrogen-bond donors (Lipinski definition) is 2. The van der Waals surface area contributed by atoms with Crippen molar-refractivity contribution in [2.45, 2.75) is 29.9 Å². The smallest absolute Gasteiger partial charge is 0.335 e. The quantitative estimate of drug-likeness (QED) is 0.458. The monoisotopic (exact) mass is 447 g/mol. The third-order valence-electron chi connectivity index (χ3n) is 5.28. The summed E-state index contributed by atoms with van der Waals surface area (Å²) in [7, 11) is 1.42. The van der Waals surface area contributed by atoms with Crippen molar-refractivity contribution in [2.24, 2.45) is 0 Å². The van der Waals surface area contributed by atoms with Crippen LogP contribution >= 0.6 is 12.0 Å². The van der Waals surface area contributed by atoms with Gasteiger partial charge >= 0.3 is 5.97 Å². The van der Waals surface area contributed by atoms with Crippen molar-refractivity contribution in [2.75, 3.05) is 25.8 Å². The number of aromatic carboxylic acids is 1. The fraction of sp³-hybridized carbons (Fsp3) is 0.318. The van der Waals surface area contributed by atoms with E-state index in [1.807, 2.05) is 6.07 Å². The van der Waals surface area contributed by atoms with E-state index in [1.54, 1.807) is 6.07 Å². The van der Waals surface area contributed by atoms with Gasteiger partial charge in [0.1, 0.15) is 17.3 Å². The predicted octanol–water partition coefficient (Wildman–Crippen LogP) is 4.89. The highest BCUT2D eigenvalue weighted by Gasteiger charge is 2.37. The van der Waals surface area contributed by atoms with E-state index in [0.717, 1.165) is 36.0 Å². The summed E-state index contributed by atoms with van der Waals surface area (Å²) in [4.78, 5) is 11.4. The van der Waals surface area contributed by atoms with E-state index in [2.05, 4.69) is 11.6 Å². The number of hydrogen-bond acceptors (Lipinski definition) is 7. The lowest BCUT2D eigenvalue weighted by Crippen LogP contribution is -2.31.